The largest absolute Gasteiger partial charge is 0.352 e. The van der Waals surface area contributed by atoms with E-state index in [-0.39, 0.29) is 0 Å². The molecule has 0 bridgehead atoms. The van der Waals surface area contributed by atoms with Crippen molar-refractivity contribution in [1.29, 1.82) is 0 Å². The van der Waals surface area contributed by atoms with Crippen LogP contribution in [0.15, 0.2) is 54.0 Å². The lowest BCUT2D eigenvalue weighted by atomic mass is 10.3. The van der Waals surface area contributed by atoms with E-state index in [1.807, 2.05) is 54.5 Å². The zero-order chi connectivity index (χ0) is 16.8. The molecule has 0 radical (unpaired) electrons. The number of para-hydroxylation sites is 1. The van der Waals surface area contributed by atoms with Gasteiger partial charge in [0.15, 0.2) is 5.96 Å². The van der Waals surface area contributed by atoms with Gasteiger partial charge in [-0.25, -0.2) is 9.67 Å². The van der Waals surface area contributed by atoms with Crippen LogP contribution in [-0.2, 0) is 20.1 Å². The maximum Gasteiger partial charge on any atom is 0.191 e. The quantitative estimate of drug-likeness (QED) is 0.537. The van der Waals surface area contributed by atoms with Crippen LogP contribution in [0.5, 0.6) is 0 Å². The molecule has 2 N–H and O–H groups in total. The van der Waals surface area contributed by atoms with Gasteiger partial charge in [-0.15, -0.1) is 0 Å². The highest BCUT2D eigenvalue weighted by molar-refractivity contribution is 5.79. The molecule has 0 spiro atoms. The van der Waals surface area contributed by atoms with Gasteiger partial charge in [0.2, 0.25) is 0 Å². The van der Waals surface area contributed by atoms with Crippen molar-refractivity contribution in [2.75, 3.05) is 7.05 Å². The van der Waals surface area contributed by atoms with Crippen molar-refractivity contribution in [2.24, 2.45) is 12.0 Å². The van der Waals surface area contributed by atoms with Crippen molar-refractivity contribution < 1.29 is 0 Å². The molecule has 0 amide bonds. The number of aliphatic imine (C=N–C) groups is 1. The van der Waals surface area contributed by atoms with Crippen LogP contribution in [-0.4, -0.2) is 37.6 Å². The van der Waals surface area contributed by atoms with Crippen LogP contribution in [0.4, 0.5) is 0 Å². The third-order valence-electron chi connectivity index (χ3n) is 3.56. The van der Waals surface area contributed by atoms with Crippen molar-refractivity contribution in [3.63, 3.8) is 0 Å². The number of nitrogens with zero attached hydrogens (tertiary/aromatic N) is 6. The molecule has 2 heterocycles. The molecule has 0 fully saturated rings. The fourth-order valence-electron chi connectivity index (χ4n) is 2.22. The summed E-state index contributed by atoms with van der Waals surface area (Å²) in [5, 5.41) is 14.9. The summed E-state index contributed by atoms with van der Waals surface area (Å²) in [7, 11) is 3.59. The standard InChI is InChI=1S/C16H20N8/c1-17-16(19-10-15-20-12-22-23(15)2)18-8-13-9-21-24(11-13)14-6-4-3-5-7-14/h3-7,9,11-12H,8,10H2,1-2H3,(H2,17,18,19). The minimum Gasteiger partial charge on any atom is -0.352 e. The number of benzene rings is 1. The predicted octanol–water partition coefficient (Wildman–Crippen LogP) is 0.866. The zero-order valence-electron chi connectivity index (χ0n) is 13.7. The molecular formula is C16H20N8. The van der Waals surface area contributed by atoms with E-state index in [0.717, 1.165) is 17.1 Å². The van der Waals surface area contributed by atoms with E-state index >= 15 is 0 Å². The van der Waals surface area contributed by atoms with Gasteiger partial charge in [0.05, 0.1) is 18.4 Å². The molecule has 0 aliphatic heterocycles. The molecule has 0 saturated carbocycles. The van der Waals surface area contributed by atoms with E-state index in [1.54, 1.807) is 11.7 Å². The van der Waals surface area contributed by atoms with Crippen LogP contribution in [0.25, 0.3) is 5.69 Å². The monoisotopic (exact) mass is 324 g/mol. The highest BCUT2D eigenvalue weighted by Gasteiger charge is 2.04. The lowest BCUT2D eigenvalue weighted by molar-refractivity contribution is 0.672. The van der Waals surface area contributed by atoms with E-state index in [1.165, 1.54) is 6.33 Å². The molecule has 8 heteroatoms. The topological polar surface area (TPSA) is 84.9 Å². The number of rotatable bonds is 5. The Morgan fingerprint density at radius 3 is 2.62 bits per heavy atom. The first kappa shape index (κ1) is 15.7. The second-order valence-electron chi connectivity index (χ2n) is 5.21. The first-order chi connectivity index (χ1) is 11.8. The van der Waals surface area contributed by atoms with Gasteiger partial charge in [-0.3, -0.25) is 9.67 Å². The average molecular weight is 324 g/mol. The molecule has 8 nitrogen and oxygen atoms in total. The summed E-state index contributed by atoms with van der Waals surface area (Å²) >= 11 is 0. The van der Waals surface area contributed by atoms with E-state index in [0.29, 0.717) is 19.0 Å². The molecule has 3 rings (SSSR count). The molecular weight excluding hydrogens is 304 g/mol. The first-order valence-corrected chi connectivity index (χ1v) is 7.62. The van der Waals surface area contributed by atoms with Crippen molar-refractivity contribution in [1.82, 2.24) is 35.2 Å². The van der Waals surface area contributed by atoms with E-state index < -0.39 is 0 Å². The molecule has 0 aliphatic carbocycles. The van der Waals surface area contributed by atoms with Gasteiger partial charge in [-0.05, 0) is 12.1 Å². The third kappa shape index (κ3) is 3.78. The van der Waals surface area contributed by atoms with Gasteiger partial charge in [0.25, 0.3) is 0 Å². The predicted molar refractivity (Wildman–Crippen MR) is 91.6 cm³/mol. The normalized spacial score (nSPS) is 11.5. The maximum absolute atomic E-state index is 4.38. The fraction of sp³-hybridized carbons (Fsp3) is 0.250. The average Bonchev–Trinajstić information content (AvgIpc) is 3.25. The Hall–Kier alpha value is -3.16. The van der Waals surface area contributed by atoms with Crippen LogP contribution >= 0.6 is 0 Å². The van der Waals surface area contributed by atoms with Crippen molar-refractivity contribution in [2.45, 2.75) is 13.1 Å². The van der Waals surface area contributed by atoms with Crippen LogP contribution in [0, 0.1) is 0 Å². The fourth-order valence-corrected chi connectivity index (χ4v) is 2.22. The molecule has 24 heavy (non-hydrogen) atoms. The van der Waals surface area contributed by atoms with Gasteiger partial charge in [-0.1, -0.05) is 18.2 Å². The van der Waals surface area contributed by atoms with Gasteiger partial charge >= 0.3 is 0 Å². The number of hydrogen-bond donors (Lipinski definition) is 2. The van der Waals surface area contributed by atoms with Crippen molar-refractivity contribution in [3.05, 3.63) is 60.4 Å². The van der Waals surface area contributed by atoms with Crippen LogP contribution in [0.2, 0.25) is 0 Å². The number of hydrogen-bond acceptors (Lipinski definition) is 4. The lowest BCUT2D eigenvalue weighted by Crippen LogP contribution is -2.36. The number of nitrogens with one attached hydrogen (secondary N) is 2. The third-order valence-corrected chi connectivity index (χ3v) is 3.56. The van der Waals surface area contributed by atoms with Gasteiger partial charge in [0.1, 0.15) is 12.2 Å². The minimum atomic E-state index is 0.555. The van der Waals surface area contributed by atoms with E-state index in [2.05, 4.69) is 30.8 Å². The van der Waals surface area contributed by atoms with Crippen LogP contribution < -0.4 is 10.6 Å². The van der Waals surface area contributed by atoms with Crippen LogP contribution in [0.1, 0.15) is 11.4 Å². The number of aromatic nitrogens is 5. The molecule has 124 valence electrons. The van der Waals surface area contributed by atoms with Gasteiger partial charge in [-0.2, -0.15) is 10.2 Å². The highest BCUT2D eigenvalue weighted by atomic mass is 15.3. The smallest absolute Gasteiger partial charge is 0.191 e. The Labute approximate surface area is 140 Å². The molecule has 2 aromatic heterocycles. The number of guanidine groups is 1. The Morgan fingerprint density at radius 2 is 1.92 bits per heavy atom. The molecule has 0 saturated heterocycles. The second kappa shape index (κ2) is 7.40. The second-order valence-corrected chi connectivity index (χ2v) is 5.21. The van der Waals surface area contributed by atoms with Crippen molar-refractivity contribution >= 4 is 5.96 Å². The lowest BCUT2D eigenvalue weighted by Gasteiger charge is -2.10. The summed E-state index contributed by atoms with van der Waals surface area (Å²) in [6.45, 7) is 1.19. The Bertz CT molecular complexity index is 802. The molecule has 0 aliphatic rings. The number of aryl methyl sites for hydroxylation is 1. The Balaban J connectivity index is 1.54. The van der Waals surface area contributed by atoms with E-state index in [4.69, 9.17) is 0 Å². The van der Waals surface area contributed by atoms with E-state index in [9.17, 15) is 0 Å². The minimum absolute atomic E-state index is 0.555. The molecule has 0 atom stereocenters. The summed E-state index contributed by atoms with van der Waals surface area (Å²) in [6.07, 6.45) is 5.37. The van der Waals surface area contributed by atoms with Gasteiger partial charge in [0, 0.05) is 32.4 Å². The Kier molecular flexibility index (Phi) is 4.85. The summed E-state index contributed by atoms with van der Waals surface area (Å²) < 4.78 is 3.58. The zero-order valence-corrected chi connectivity index (χ0v) is 13.7. The summed E-state index contributed by atoms with van der Waals surface area (Å²) in [4.78, 5) is 8.38. The Morgan fingerprint density at radius 1 is 1.12 bits per heavy atom. The first-order valence-electron chi connectivity index (χ1n) is 7.62. The summed E-state index contributed by atoms with van der Waals surface area (Å²) in [5.74, 6) is 1.54. The van der Waals surface area contributed by atoms with Crippen molar-refractivity contribution in [3.8, 4) is 5.69 Å². The highest BCUT2D eigenvalue weighted by Crippen LogP contribution is 2.07. The molecule has 0 unspecified atom stereocenters. The SMILES string of the molecule is CN=C(NCc1cnn(-c2ccccc2)c1)NCc1ncnn1C. The maximum atomic E-state index is 4.38. The summed E-state index contributed by atoms with van der Waals surface area (Å²) in [6, 6.07) is 10.0. The van der Waals surface area contributed by atoms with Crippen LogP contribution in [0.3, 0.4) is 0 Å². The molecule has 3 aromatic rings. The van der Waals surface area contributed by atoms with Gasteiger partial charge < -0.3 is 10.6 Å². The molecule has 1 aromatic carbocycles. The summed E-state index contributed by atoms with van der Waals surface area (Å²) in [5.41, 5.74) is 2.11.